The van der Waals surface area contributed by atoms with Crippen LogP contribution in [0.2, 0.25) is 0 Å². The molecule has 2 aromatic carbocycles. The van der Waals surface area contributed by atoms with Crippen molar-refractivity contribution in [1.82, 2.24) is 4.98 Å². The number of nitrogens with zero attached hydrogens (tertiary/aromatic N) is 1. The van der Waals surface area contributed by atoms with E-state index in [9.17, 15) is 9.18 Å². The molecule has 0 aliphatic carbocycles. The van der Waals surface area contributed by atoms with E-state index in [1.165, 1.54) is 24.3 Å². The third kappa shape index (κ3) is 4.18. The van der Waals surface area contributed by atoms with E-state index in [0.29, 0.717) is 28.6 Å². The van der Waals surface area contributed by atoms with Crippen molar-refractivity contribution in [2.45, 2.75) is 13.5 Å². The van der Waals surface area contributed by atoms with Crippen LogP contribution in [-0.2, 0) is 11.3 Å². The average Bonchev–Trinajstić information content (AvgIpc) is 3.08. The molecule has 5 nitrogen and oxygen atoms in total. The van der Waals surface area contributed by atoms with Gasteiger partial charge in [0.2, 0.25) is 5.91 Å². The fourth-order valence-electron chi connectivity index (χ4n) is 2.50. The Hall–Kier alpha value is -2.93. The highest BCUT2D eigenvalue weighted by Crippen LogP contribution is 2.29. The Bertz CT molecular complexity index is 927. The maximum Gasteiger partial charge on any atom is 0.221 e. The average molecular weight is 371 g/mol. The van der Waals surface area contributed by atoms with Crippen molar-refractivity contribution in [2.75, 3.05) is 17.7 Å². The number of carbonyl (C=O) groups excluding carboxylic acids is 1. The van der Waals surface area contributed by atoms with Gasteiger partial charge in [-0.05, 0) is 24.3 Å². The third-order valence-electron chi connectivity index (χ3n) is 3.69. The number of carbonyl (C=O) groups is 1. The smallest absolute Gasteiger partial charge is 0.221 e. The van der Waals surface area contributed by atoms with Crippen LogP contribution in [0.4, 0.5) is 15.2 Å². The second-order valence-corrected chi connectivity index (χ2v) is 6.44. The first-order chi connectivity index (χ1) is 12.6. The molecular formula is C19H18FN3O2S. The SMILES string of the molecule is COc1ccccc1CNc1nc(-c2ccc(NC(C)=O)cc2F)cs1. The van der Waals surface area contributed by atoms with Gasteiger partial charge in [-0.2, -0.15) is 0 Å². The lowest BCUT2D eigenvalue weighted by Gasteiger charge is -2.08. The Morgan fingerprint density at radius 2 is 2.08 bits per heavy atom. The van der Waals surface area contributed by atoms with Gasteiger partial charge in [0, 0.05) is 35.7 Å². The van der Waals surface area contributed by atoms with Gasteiger partial charge in [0.25, 0.3) is 0 Å². The number of halogens is 1. The summed E-state index contributed by atoms with van der Waals surface area (Å²) in [4.78, 5) is 15.5. The number of anilines is 2. The van der Waals surface area contributed by atoms with Gasteiger partial charge in [0.05, 0.1) is 12.8 Å². The van der Waals surface area contributed by atoms with Crippen molar-refractivity contribution in [2.24, 2.45) is 0 Å². The molecule has 1 heterocycles. The Morgan fingerprint density at radius 1 is 1.27 bits per heavy atom. The highest BCUT2D eigenvalue weighted by atomic mass is 32.1. The van der Waals surface area contributed by atoms with Gasteiger partial charge in [-0.3, -0.25) is 4.79 Å². The van der Waals surface area contributed by atoms with Crippen LogP contribution in [0.3, 0.4) is 0 Å². The molecule has 0 spiro atoms. The van der Waals surface area contributed by atoms with E-state index in [2.05, 4.69) is 15.6 Å². The highest BCUT2D eigenvalue weighted by molar-refractivity contribution is 7.14. The second-order valence-electron chi connectivity index (χ2n) is 5.58. The molecule has 0 atom stereocenters. The molecule has 0 bridgehead atoms. The largest absolute Gasteiger partial charge is 0.496 e. The fraction of sp³-hybridized carbons (Fsp3) is 0.158. The van der Waals surface area contributed by atoms with Crippen LogP contribution in [-0.4, -0.2) is 18.0 Å². The number of ether oxygens (including phenoxy) is 1. The summed E-state index contributed by atoms with van der Waals surface area (Å²) in [6, 6.07) is 12.3. The van der Waals surface area contributed by atoms with E-state index in [0.717, 1.165) is 11.3 Å². The van der Waals surface area contributed by atoms with Gasteiger partial charge >= 0.3 is 0 Å². The minimum Gasteiger partial charge on any atom is -0.496 e. The molecule has 0 saturated carbocycles. The molecule has 2 N–H and O–H groups in total. The van der Waals surface area contributed by atoms with E-state index in [1.807, 2.05) is 24.3 Å². The predicted molar refractivity (Wildman–Crippen MR) is 102 cm³/mol. The topological polar surface area (TPSA) is 63.2 Å². The number of thiazole rings is 1. The first-order valence-corrected chi connectivity index (χ1v) is 8.83. The lowest BCUT2D eigenvalue weighted by molar-refractivity contribution is -0.114. The Balaban J connectivity index is 1.72. The summed E-state index contributed by atoms with van der Waals surface area (Å²) in [5.41, 5.74) is 2.37. The van der Waals surface area contributed by atoms with Crippen molar-refractivity contribution in [3.05, 3.63) is 59.2 Å². The van der Waals surface area contributed by atoms with Gasteiger partial charge in [0.1, 0.15) is 11.6 Å². The molecular weight excluding hydrogens is 353 g/mol. The quantitative estimate of drug-likeness (QED) is 0.668. The lowest BCUT2D eigenvalue weighted by Crippen LogP contribution is -2.06. The number of rotatable bonds is 6. The van der Waals surface area contributed by atoms with Crippen molar-refractivity contribution >= 4 is 28.1 Å². The van der Waals surface area contributed by atoms with Crippen molar-refractivity contribution in [1.29, 1.82) is 0 Å². The molecule has 0 fully saturated rings. The Kier molecular flexibility index (Phi) is 5.48. The van der Waals surface area contributed by atoms with Gasteiger partial charge in [-0.25, -0.2) is 9.37 Å². The van der Waals surface area contributed by atoms with Crippen LogP contribution in [0.15, 0.2) is 47.8 Å². The first-order valence-electron chi connectivity index (χ1n) is 7.95. The number of aromatic nitrogens is 1. The van der Waals surface area contributed by atoms with Crippen molar-refractivity contribution in [3.63, 3.8) is 0 Å². The van der Waals surface area contributed by atoms with Gasteiger partial charge in [-0.15, -0.1) is 11.3 Å². The van der Waals surface area contributed by atoms with Crippen molar-refractivity contribution in [3.8, 4) is 17.0 Å². The molecule has 134 valence electrons. The number of para-hydroxylation sites is 1. The van der Waals surface area contributed by atoms with Crippen LogP contribution in [0, 0.1) is 5.82 Å². The summed E-state index contributed by atoms with van der Waals surface area (Å²) in [6.07, 6.45) is 0. The molecule has 7 heteroatoms. The predicted octanol–water partition coefficient (Wildman–Crippen LogP) is 4.53. The molecule has 0 aliphatic rings. The molecule has 0 saturated heterocycles. The van der Waals surface area contributed by atoms with Crippen LogP contribution in [0.5, 0.6) is 5.75 Å². The van der Waals surface area contributed by atoms with E-state index >= 15 is 0 Å². The summed E-state index contributed by atoms with van der Waals surface area (Å²) in [7, 11) is 1.63. The monoisotopic (exact) mass is 371 g/mol. The Labute approximate surface area is 154 Å². The number of hydrogen-bond acceptors (Lipinski definition) is 5. The van der Waals surface area contributed by atoms with Crippen LogP contribution in [0.1, 0.15) is 12.5 Å². The second kappa shape index (κ2) is 7.97. The standard InChI is InChI=1S/C19H18FN3O2S/c1-12(24)22-14-7-8-15(16(20)9-14)17-11-26-19(23-17)21-10-13-5-3-4-6-18(13)25-2/h3-9,11H,10H2,1-2H3,(H,21,23)(H,22,24). The molecule has 3 rings (SSSR count). The van der Waals surface area contributed by atoms with Crippen LogP contribution in [0.25, 0.3) is 11.3 Å². The zero-order valence-electron chi connectivity index (χ0n) is 14.4. The minimum atomic E-state index is -0.433. The highest BCUT2D eigenvalue weighted by Gasteiger charge is 2.11. The van der Waals surface area contributed by atoms with Gasteiger partial charge in [0.15, 0.2) is 5.13 Å². The summed E-state index contributed by atoms with van der Waals surface area (Å²) in [6.45, 7) is 1.94. The third-order valence-corrected chi connectivity index (χ3v) is 4.49. The van der Waals surface area contributed by atoms with E-state index in [4.69, 9.17) is 4.74 Å². The summed E-state index contributed by atoms with van der Waals surface area (Å²) in [5.74, 6) is 0.128. The number of benzene rings is 2. The van der Waals surface area contributed by atoms with E-state index in [-0.39, 0.29) is 5.91 Å². The van der Waals surface area contributed by atoms with Crippen molar-refractivity contribution < 1.29 is 13.9 Å². The molecule has 1 amide bonds. The number of hydrogen-bond donors (Lipinski definition) is 2. The molecule has 0 radical (unpaired) electrons. The Morgan fingerprint density at radius 3 is 2.81 bits per heavy atom. The van der Waals surface area contributed by atoms with E-state index in [1.54, 1.807) is 24.6 Å². The lowest BCUT2D eigenvalue weighted by atomic mass is 10.1. The molecule has 0 unspecified atom stereocenters. The van der Waals surface area contributed by atoms with E-state index < -0.39 is 5.82 Å². The van der Waals surface area contributed by atoms with Gasteiger partial charge in [-0.1, -0.05) is 18.2 Å². The number of nitrogens with one attached hydrogen (secondary N) is 2. The molecule has 0 aliphatic heterocycles. The normalized spacial score (nSPS) is 10.4. The maximum atomic E-state index is 14.3. The first kappa shape index (κ1) is 17.9. The molecule has 26 heavy (non-hydrogen) atoms. The zero-order valence-corrected chi connectivity index (χ0v) is 15.2. The van der Waals surface area contributed by atoms with Gasteiger partial charge < -0.3 is 15.4 Å². The summed E-state index contributed by atoms with van der Waals surface area (Å²) in [5, 5.41) is 8.27. The molecule has 1 aromatic heterocycles. The summed E-state index contributed by atoms with van der Waals surface area (Å²) < 4.78 is 19.6. The maximum absolute atomic E-state index is 14.3. The van der Waals surface area contributed by atoms with Crippen LogP contribution >= 0.6 is 11.3 Å². The number of methoxy groups -OCH3 is 1. The van der Waals surface area contributed by atoms with Crippen LogP contribution < -0.4 is 15.4 Å². The minimum absolute atomic E-state index is 0.242. The fourth-order valence-corrected chi connectivity index (χ4v) is 3.21. The zero-order chi connectivity index (χ0) is 18.5. The number of amides is 1. The molecule has 3 aromatic rings. The summed E-state index contributed by atoms with van der Waals surface area (Å²) >= 11 is 1.40.